The second kappa shape index (κ2) is 9.82. The van der Waals surface area contributed by atoms with Gasteiger partial charge in [-0.25, -0.2) is 13.4 Å². The summed E-state index contributed by atoms with van der Waals surface area (Å²) >= 11 is 1.51. The number of nitrogens with zero attached hydrogens (tertiary/aromatic N) is 3. The number of amides is 1. The van der Waals surface area contributed by atoms with E-state index in [-0.39, 0.29) is 10.8 Å². The number of carbonyl (C=O) groups is 1. The van der Waals surface area contributed by atoms with E-state index < -0.39 is 10.0 Å². The van der Waals surface area contributed by atoms with Crippen molar-refractivity contribution in [1.82, 2.24) is 9.73 Å². The third-order valence-electron chi connectivity index (χ3n) is 4.85. The maximum atomic E-state index is 12.7. The molecule has 168 valence electrons. The molecule has 2 N–H and O–H groups in total. The van der Waals surface area contributed by atoms with Gasteiger partial charge in [-0.2, -0.15) is 9.41 Å². The number of nitrogens with one attached hydrogen (secondary N) is 2. The molecule has 0 unspecified atom stereocenters. The standard InChI is InChI=1S/C21H23N5O4S2/c1-15(27)22-17-4-2-16(3-5-17)20-14-31-21(25-24-20)23-18-6-8-19(9-7-18)32(28,29)26-10-12-30-13-11-26/h2-9H,10-14H2,1H3,(H,22,27)(H,23,25). The molecule has 32 heavy (non-hydrogen) atoms. The number of thioether (sulfide) groups is 1. The van der Waals surface area contributed by atoms with E-state index >= 15 is 0 Å². The molecule has 1 amide bonds. The van der Waals surface area contributed by atoms with Crippen LogP contribution < -0.4 is 10.7 Å². The number of hydrogen-bond acceptors (Lipinski definition) is 7. The van der Waals surface area contributed by atoms with E-state index in [0.29, 0.717) is 42.9 Å². The summed E-state index contributed by atoms with van der Waals surface area (Å²) in [6.07, 6.45) is 0. The lowest BCUT2D eigenvalue weighted by Crippen LogP contribution is -2.40. The molecule has 0 bridgehead atoms. The summed E-state index contributed by atoms with van der Waals surface area (Å²) in [7, 11) is -3.52. The van der Waals surface area contributed by atoms with Gasteiger partial charge in [-0.1, -0.05) is 23.9 Å². The lowest BCUT2D eigenvalue weighted by Gasteiger charge is -2.26. The molecule has 1 fully saturated rings. The van der Waals surface area contributed by atoms with Crippen LogP contribution in [0.2, 0.25) is 0 Å². The third-order valence-corrected chi connectivity index (χ3v) is 7.63. The highest BCUT2D eigenvalue weighted by Gasteiger charge is 2.26. The van der Waals surface area contributed by atoms with E-state index in [9.17, 15) is 13.2 Å². The first-order chi connectivity index (χ1) is 15.4. The molecule has 9 nitrogen and oxygen atoms in total. The van der Waals surface area contributed by atoms with Gasteiger partial charge in [0.2, 0.25) is 15.9 Å². The minimum absolute atomic E-state index is 0.113. The van der Waals surface area contributed by atoms with Crippen LogP contribution in [-0.2, 0) is 19.6 Å². The number of hydrazone groups is 1. The van der Waals surface area contributed by atoms with Crippen LogP contribution in [0.5, 0.6) is 0 Å². The molecule has 11 heteroatoms. The monoisotopic (exact) mass is 473 g/mol. The van der Waals surface area contributed by atoms with Crippen molar-refractivity contribution in [2.75, 3.05) is 37.4 Å². The normalized spacial score (nSPS) is 18.7. The Labute approximate surface area is 191 Å². The van der Waals surface area contributed by atoms with Crippen LogP contribution in [0.4, 0.5) is 11.4 Å². The number of carbonyl (C=O) groups excluding carboxylic acids is 1. The van der Waals surface area contributed by atoms with Crippen LogP contribution in [0.3, 0.4) is 0 Å². The highest BCUT2D eigenvalue weighted by Crippen LogP contribution is 2.23. The predicted molar refractivity (Wildman–Crippen MR) is 126 cm³/mol. The van der Waals surface area contributed by atoms with Crippen LogP contribution in [0.1, 0.15) is 12.5 Å². The largest absolute Gasteiger partial charge is 0.379 e. The van der Waals surface area contributed by atoms with Crippen molar-refractivity contribution < 1.29 is 17.9 Å². The second-order valence-electron chi connectivity index (χ2n) is 7.14. The molecule has 2 heterocycles. The Balaban J connectivity index is 1.41. The van der Waals surface area contributed by atoms with Crippen molar-refractivity contribution in [2.45, 2.75) is 11.8 Å². The average Bonchev–Trinajstić information content (AvgIpc) is 2.81. The van der Waals surface area contributed by atoms with Gasteiger partial charge in [0.25, 0.3) is 0 Å². The van der Waals surface area contributed by atoms with Crippen LogP contribution in [0.25, 0.3) is 0 Å². The van der Waals surface area contributed by atoms with E-state index in [0.717, 1.165) is 17.0 Å². The van der Waals surface area contributed by atoms with Crippen LogP contribution >= 0.6 is 11.8 Å². The number of sulfonamides is 1. The van der Waals surface area contributed by atoms with E-state index in [2.05, 4.69) is 20.8 Å². The molecule has 2 aromatic carbocycles. The van der Waals surface area contributed by atoms with E-state index in [1.807, 2.05) is 24.3 Å². The minimum Gasteiger partial charge on any atom is -0.379 e. The average molecular weight is 474 g/mol. The topological polar surface area (TPSA) is 112 Å². The summed E-state index contributed by atoms with van der Waals surface area (Å²) in [6.45, 7) is 3.02. The summed E-state index contributed by atoms with van der Waals surface area (Å²) < 4.78 is 32.1. The Hall–Kier alpha value is -2.73. The first-order valence-corrected chi connectivity index (χ1v) is 12.4. The molecule has 0 atom stereocenters. The summed E-state index contributed by atoms with van der Waals surface area (Å²) in [5.41, 5.74) is 6.15. The van der Waals surface area contributed by atoms with Gasteiger partial charge < -0.3 is 10.1 Å². The zero-order valence-electron chi connectivity index (χ0n) is 17.4. The molecule has 4 rings (SSSR count). The molecule has 2 aliphatic rings. The quantitative estimate of drug-likeness (QED) is 0.690. The molecule has 2 aromatic rings. The molecule has 0 aromatic heterocycles. The van der Waals surface area contributed by atoms with Gasteiger partial charge in [0, 0.05) is 31.5 Å². The lowest BCUT2D eigenvalue weighted by molar-refractivity contribution is -0.114. The van der Waals surface area contributed by atoms with Gasteiger partial charge in [-0.05, 0) is 42.0 Å². The number of aliphatic imine (C=N–C) groups is 1. The van der Waals surface area contributed by atoms with Gasteiger partial charge in [0.1, 0.15) is 0 Å². The van der Waals surface area contributed by atoms with Crippen molar-refractivity contribution in [1.29, 1.82) is 0 Å². The fourth-order valence-electron chi connectivity index (χ4n) is 3.22. The fraction of sp³-hybridized carbons (Fsp3) is 0.286. The molecule has 0 spiro atoms. The number of anilines is 1. The van der Waals surface area contributed by atoms with Crippen molar-refractivity contribution >= 4 is 49.9 Å². The Morgan fingerprint density at radius 1 is 1.12 bits per heavy atom. The smallest absolute Gasteiger partial charge is 0.243 e. The SMILES string of the molecule is CC(=O)Nc1ccc(C2=NNC(=Nc3ccc(S(=O)(=O)N4CCOCC4)cc3)SC2)cc1. The van der Waals surface area contributed by atoms with Crippen molar-refractivity contribution in [3.05, 3.63) is 54.1 Å². The van der Waals surface area contributed by atoms with E-state index in [4.69, 9.17) is 4.74 Å². The summed E-state index contributed by atoms with van der Waals surface area (Å²) in [4.78, 5) is 15.9. The summed E-state index contributed by atoms with van der Waals surface area (Å²) in [5.74, 6) is 0.520. The maximum Gasteiger partial charge on any atom is 0.243 e. The second-order valence-corrected chi connectivity index (χ2v) is 10.0. The Morgan fingerprint density at radius 2 is 1.81 bits per heavy atom. The Bertz CT molecular complexity index is 1140. The number of rotatable bonds is 5. The number of hydrogen-bond donors (Lipinski definition) is 2. The van der Waals surface area contributed by atoms with E-state index in [1.165, 1.54) is 23.0 Å². The Kier molecular flexibility index (Phi) is 6.89. The molecular formula is C21H23N5O4S2. The molecule has 0 saturated carbocycles. The number of benzene rings is 2. The van der Waals surface area contributed by atoms with Crippen LogP contribution in [0, 0.1) is 0 Å². The van der Waals surface area contributed by atoms with Gasteiger partial charge in [0.15, 0.2) is 5.17 Å². The Morgan fingerprint density at radius 3 is 2.41 bits per heavy atom. The molecule has 0 radical (unpaired) electrons. The third kappa shape index (κ3) is 5.36. The van der Waals surface area contributed by atoms with Gasteiger partial charge in [-0.3, -0.25) is 10.2 Å². The van der Waals surface area contributed by atoms with Crippen LogP contribution in [-0.4, -0.2) is 61.6 Å². The molecular weight excluding hydrogens is 450 g/mol. The fourth-order valence-corrected chi connectivity index (χ4v) is 5.41. The van der Waals surface area contributed by atoms with Gasteiger partial charge in [-0.15, -0.1) is 0 Å². The number of ether oxygens (including phenoxy) is 1. The predicted octanol–water partition coefficient (Wildman–Crippen LogP) is 2.39. The van der Waals surface area contributed by atoms with Gasteiger partial charge in [0.05, 0.1) is 29.5 Å². The van der Waals surface area contributed by atoms with Crippen molar-refractivity contribution in [2.24, 2.45) is 10.1 Å². The van der Waals surface area contributed by atoms with Crippen molar-refractivity contribution in [3.63, 3.8) is 0 Å². The first-order valence-electron chi connectivity index (χ1n) is 10.0. The van der Waals surface area contributed by atoms with Crippen LogP contribution in [0.15, 0.2) is 63.5 Å². The number of morpholine rings is 1. The lowest BCUT2D eigenvalue weighted by atomic mass is 10.1. The minimum atomic E-state index is -3.52. The highest BCUT2D eigenvalue weighted by molar-refractivity contribution is 8.14. The zero-order valence-corrected chi connectivity index (χ0v) is 19.1. The first kappa shape index (κ1) is 22.5. The summed E-state index contributed by atoms with van der Waals surface area (Å²) in [6, 6.07) is 14.0. The van der Waals surface area contributed by atoms with Gasteiger partial charge >= 0.3 is 0 Å². The summed E-state index contributed by atoms with van der Waals surface area (Å²) in [5, 5.41) is 7.77. The maximum absolute atomic E-state index is 12.7. The zero-order chi connectivity index (χ0) is 22.6. The van der Waals surface area contributed by atoms with E-state index in [1.54, 1.807) is 24.3 Å². The highest BCUT2D eigenvalue weighted by atomic mass is 32.2. The van der Waals surface area contributed by atoms with Crippen molar-refractivity contribution in [3.8, 4) is 0 Å². The molecule has 0 aliphatic carbocycles. The molecule has 1 saturated heterocycles. The molecule has 2 aliphatic heterocycles. The number of amidine groups is 1.